The molecule has 0 aromatic heterocycles. The van der Waals surface area contributed by atoms with Crippen LogP contribution in [0.25, 0.3) is 0 Å². The van der Waals surface area contributed by atoms with E-state index >= 15 is 0 Å². The summed E-state index contributed by atoms with van der Waals surface area (Å²) >= 11 is 0. The molecule has 0 radical (unpaired) electrons. The van der Waals surface area contributed by atoms with Gasteiger partial charge in [0.1, 0.15) is 0 Å². The third-order valence-electron chi connectivity index (χ3n) is 3.54. The predicted molar refractivity (Wildman–Crippen MR) is 61.9 cm³/mol. The van der Waals surface area contributed by atoms with Crippen molar-refractivity contribution in [2.45, 2.75) is 45.1 Å². The fraction of sp³-hybridized carbons (Fsp3) is 1.00. The number of hydrogen-bond acceptors (Lipinski definition) is 3. The van der Waals surface area contributed by atoms with Gasteiger partial charge in [0.2, 0.25) is 0 Å². The highest BCUT2D eigenvalue weighted by atomic mass is 16.5. The highest BCUT2D eigenvalue weighted by Crippen LogP contribution is 2.15. The first-order valence-corrected chi connectivity index (χ1v) is 6.21. The molecule has 90 valence electrons. The highest BCUT2D eigenvalue weighted by molar-refractivity contribution is 4.78. The molecule has 1 aliphatic heterocycles. The van der Waals surface area contributed by atoms with Crippen molar-refractivity contribution < 1.29 is 9.84 Å². The van der Waals surface area contributed by atoms with Gasteiger partial charge in [-0.3, -0.25) is 0 Å². The van der Waals surface area contributed by atoms with Gasteiger partial charge in [0.15, 0.2) is 0 Å². The minimum atomic E-state index is -0.509. The van der Waals surface area contributed by atoms with E-state index in [-0.39, 0.29) is 0 Å². The average molecular weight is 215 g/mol. The van der Waals surface area contributed by atoms with Crippen molar-refractivity contribution in [3.63, 3.8) is 0 Å². The van der Waals surface area contributed by atoms with Gasteiger partial charge in [-0.25, -0.2) is 0 Å². The van der Waals surface area contributed by atoms with Crippen LogP contribution in [-0.2, 0) is 4.74 Å². The summed E-state index contributed by atoms with van der Waals surface area (Å²) in [6.07, 6.45) is 3.96. The molecule has 1 aliphatic rings. The van der Waals surface area contributed by atoms with Crippen molar-refractivity contribution >= 4 is 0 Å². The van der Waals surface area contributed by atoms with E-state index in [1.807, 2.05) is 13.8 Å². The zero-order chi connectivity index (χ0) is 11.1. The Morgan fingerprint density at radius 1 is 1.27 bits per heavy atom. The topological polar surface area (TPSA) is 41.5 Å². The van der Waals surface area contributed by atoms with Gasteiger partial charge in [0.25, 0.3) is 0 Å². The van der Waals surface area contributed by atoms with E-state index in [0.717, 1.165) is 57.9 Å². The Hall–Kier alpha value is -0.120. The van der Waals surface area contributed by atoms with E-state index in [9.17, 15) is 5.11 Å². The second-order valence-electron chi connectivity index (χ2n) is 4.62. The van der Waals surface area contributed by atoms with Crippen molar-refractivity contribution in [3.8, 4) is 0 Å². The van der Waals surface area contributed by atoms with Crippen molar-refractivity contribution in [2.24, 2.45) is 5.92 Å². The second kappa shape index (κ2) is 6.46. The number of aliphatic hydroxyl groups is 1. The Balaban J connectivity index is 2.14. The zero-order valence-corrected chi connectivity index (χ0v) is 10.1. The molecule has 3 heteroatoms. The summed E-state index contributed by atoms with van der Waals surface area (Å²) in [6, 6.07) is 0. The Bertz CT molecular complexity index is 163. The molecule has 0 aromatic carbocycles. The molecule has 0 amide bonds. The fourth-order valence-corrected chi connectivity index (χ4v) is 1.96. The molecule has 0 aromatic rings. The normalized spacial score (nSPS) is 19.4. The lowest BCUT2D eigenvalue weighted by Crippen LogP contribution is -2.41. The standard InChI is InChI=1S/C12H25NO2/c1-3-12(14,4-2)10-13-9-11-5-7-15-8-6-11/h11,13-14H,3-10H2,1-2H3. The van der Waals surface area contributed by atoms with Crippen molar-refractivity contribution in [2.75, 3.05) is 26.3 Å². The Labute approximate surface area is 93.2 Å². The van der Waals surface area contributed by atoms with Crippen LogP contribution in [0.15, 0.2) is 0 Å². The summed E-state index contributed by atoms with van der Waals surface area (Å²) in [5.74, 6) is 0.733. The predicted octanol–water partition coefficient (Wildman–Crippen LogP) is 1.55. The van der Waals surface area contributed by atoms with E-state index in [1.165, 1.54) is 0 Å². The minimum absolute atomic E-state index is 0.509. The highest BCUT2D eigenvalue weighted by Gasteiger charge is 2.22. The van der Waals surface area contributed by atoms with Gasteiger partial charge < -0.3 is 15.2 Å². The van der Waals surface area contributed by atoms with Crippen LogP contribution < -0.4 is 5.32 Å². The van der Waals surface area contributed by atoms with Gasteiger partial charge in [0, 0.05) is 19.8 Å². The van der Waals surface area contributed by atoms with Crippen LogP contribution in [0.1, 0.15) is 39.5 Å². The molecule has 1 rings (SSSR count). The molecule has 1 fully saturated rings. The maximum atomic E-state index is 10.1. The molecule has 0 spiro atoms. The zero-order valence-electron chi connectivity index (χ0n) is 10.1. The van der Waals surface area contributed by atoms with Crippen LogP contribution in [0.2, 0.25) is 0 Å². The Kier molecular flexibility index (Phi) is 5.58. The summed E-state index contributed by atoms with van der Waals surface area (Å²) < 4.78 is 5.31. The lowest BCUT2D eigenvalue weighted by molar-refractivity contribution is 0.0277. The molecule has 2 N–H and O–H groups in total. The molecule has 0 unspecified atom stereocenters. The Morgan fingerprint density at radius 3 is 2.40 bits per heavy atom. The van der Waals surface area contributed by atoms with Crippen LogP contribution in [0.3, 0.4) is 0 Å². The maximum absolute atomic E-state index is 10.1. The smallest absolute Gasteiger partial charge is 0.0766 e. The summed E-state index contributed by atoms with van der Waals surface area (Å²) in [5.41, 5.74) is -0.509. The van der Waals surface area contributed by atoms with Gasteiger partial charge in [-0.1, -0.05) is 13.8 Å². The van der Waals surface area contributed by atoms with E-state index in [2.05, 4.69) is 5.32 Å². The molecule has 0 atom stereocenters. The molecule has 3 nitrogen and oxygen atoms in total. The third-order valence-corrected chi connectivity index (χ3v) is 3.54. The molecule has 0 saturated carbocycles. The van der Waals surface area contributed by atoms with Gasteiger partial charge in [0.05, 0.1) is 5.60 Å². The monoisotopic (exact) mass is 215 g/mol. The maximum Gasteiger partial charge on any atom is 0.0766 e. The Morgan fingerprint density at radius 2 is 1.87 bits per heavy atom. The van der Waals surface area contributed by atoms with Crippen LogP contribution in [0, 0.1) is 5.92 Å². The van der Waals surface area contributed by atoms with Gasteiger partial charge in [-0.05, 0) is 38.1 Å². The van der Waals surface area contributed by atoms with Crippen molar-refractivity contribution in [1.29, 1.82) is 0 Å². The summed E-state index contributed by atoms with van der Waals surface area (Å²) in [7, 11) is 0. The van der Waals surface area contributed by atoms with Crippen LogP contribution >= 0.6 is 0 Å². The van der Waals surface area contributed by atoms with Gasteiger partial charge in [-0.15, -0.1) is 0 Å². The van der Waals surface area contributed by atoms with Crippen molar-refractivity contribution in [3.05, 3.63) is 0 Å². The quantitative estimate of drug-likeness (QED) is 0.706. The molecular formula is C12H25NO2. The molecule has 15 heavy (non-hydrogen) atoms. The van der Waals surface area contributed by atoms with E-state index in [0.29, 0.717) is 0 Å². The number of hydrogen-bond donors (Lipinski definition) is 2. The molecular weight excluding hydrogens is 190 g/mol. The number of nitrogens with one attached hydrogen (secondary N) is 1. The minimum Gasteiger partial charge on any atom is -0.389 e. The largest absolute Gasteiger partial charge is 0.389 e. The second-order valence-corrected chi connectivity index (χ2v) is 4.62. The fourth-order valence-electron chi connectivity index (χ4n) is 1.96. The number of ether oxygens (including phenoxy) is 1. The van der Waals surface area contributed by atoms with E-state index < -0.39 is 5.60 Å². The summed E-state index contributed by atoms with van der Waals surface area (Å²) in [6.45, 7) is 7.62. The first-order chi connectivity index (χ1) is 7.20. The van der Waals surface area contributed by atoms with Crippen LogP contribution in [0.4, 0.5) is 0 Å². The van der Waals surface area contributed by atoms with E-state index in [1.54, 1.807) is 0 Å². The molecule has 1 heterocycles. The van der Waals surface area contributed by atoms with Crippen LogP contribution in [-0.4, -0.2) is 37.0 Å². The molecule has 1 saturated heterocycles. The first-order valence-electron chi connectivity index (χ1n) is 6.21. The van der Waals surface area contributed by atoms with Gasteiger partial charge >= 0.3 is 0 Å². The lowest BCUT2D eigenvalue weighted by atomic mass is 9.96. The number of rotatable bonds is 6. The first kappa shape index (κ1) is 12.9. The molecule has 0 aliphatic carbocycles. The SMILES string of the molecule is CCC(O)(CC)CNCC1CCOCC1. The van der Waals surface area contributed by atoms with Gasteiger partial charge in [-0.2, -0.15) is 0 Å². The van der Waals surface area contributed by atoms with Crippen molar-refractivity contribution in [1.82, 2.24) is 5.32 Å². The van der Waals surface area contributed by atoms with Crippen LogP contribution in [0.5, 0.6) is 0 Å². The molecule has 0 bridgehead atoms. The summed E-state index contributed by atoms with van der Waals surface area (Å²) in [4.78, 5) is 0. The lowest BCUT2D eigenvalue weighted by Gasteiger charge is -2.28. The summed E-state index contributed by atoms with van der Waals surface area (Å²) in [5, 5.41) is 13.5. The third kappa shape index (κ3) is 4.49. The average Bonchev–Trinajstić information content (AvgIpc) is 2.30. The van der Waals surface area contributed by atoms with E-state index in [4.69, 9.17) is 4.74 Å².